The van der Waals surface area contributed by atoms with Crippen molar-refractivity contribution in [2.24, 2.45) is 0 Å². The van der Waals surface area contributed by atoms with Crippen LogP contribution in [-0.2, 0) is 4.74 Å². The van der Waals surface area contributed by atoms with E-state index in [0.29, 0.717) is 26.0 Å². The normalized spacial score (nSPS) is 11.3. The summed E-state index contributed by atoms with van der Waals surface area (Å²) in [5, 5.41) is 8.57. The molecule has 0 saturated heterocycles. The molecule has 1 N–H and O–H groups in total. The Morgan fingerprint density at radius 3 is 2.33 bits per heavy atom. The summed E-state index contributed by atoms with van der Waals surface area (Å²) in [5.41, 5.74) is -0.206. The molecule has 0 saturated carbocycles. The number of unbranched alkanes of at least 4 members (excludes halogenated alkanes) is 1. The number of aliphatic hydroxyl groups excluding tert-OH is 1. The van der Waals surface area contributed by atoms with E-state index in [-0.39, 0.29) is 18.2 Å². The predicted molar refractivity (Wildman–Crippen MR) is 59.8 cm³/mol. The Kier molecular flexibility index (Phi) is 6.32. The van der Waals surface area contributed by atoms with Gasteiger partial charge in [0.2, 0.25) is 0 Å². The van der Waals surface area contributed by atoms with Crippen molar-refractivity contribution in [2.45, 2.75) is 46.1 Å². The number of nitrogens with zero attached hydrogens (tertiary/aromatic N) is 1. The van der Waals surface area contributed by atoms with Gasteiger partial charge >= 0.3 is 6.09 Å². The van der Waals surface area contributed by atoms with Gasteiger partial charge in [-0.3, -0.25) is 0 Å². The molecule has 0 atom stereocenters. The van der Waals surface area contributed by atoms with Crippen LogP contribution in [0.3, 0.4) is 0 Å². The van der Waals surface area contributed by atoms with Crippen molar-refractivity contribution >= 4 is 6.09 Å². The number of carbonyl (C=O) groups excluding carboxylic acids is 1. The number of amides is 1. The minimum atomic E-state index is -0.275. The number of aliphatic hydroxyl groups is 1. The lowest BCUT2D eigenvalue weighted by Gasteiger charge is -2.33. The second-order valence-corrected chi connectivity index (χ2v) is 4.46. The third kappa shape index (κ3) is 5.62. The largest absolute Gasteiger partial charge is 0.449 e. The lowest BCUT2D eigenvalue weighted by atomic mass is 10.1. The number of carbonyl (C=O) groups is 1. The molecule has 0 aromatic carbocycles. The fourth-order valence-corrected chi connectivity index (χ4v) is 1.33. The van der Waals surface area contributed by atoms with Gasteiger partial charge in [-0.1, -0.05) is 0 Å². The smallest absolute Gasteiger partial charge is 0.410 e. The first-order valence-corrected chi connectivity index (χ1v) is 5.48. The van der Waals surface area contributed by atoms with Gasteiger partial charge in [-0.2, -0.15) is 0 Å². The zero-order valence-corrected chi connectivity index (χ0v) is 10.2. The highest BCUT2D eigenvalue weighted by Crippen LogP contribution is 2.14. The molecule has 4 nitrogen and oxygen atoms in total. The maximum atomic E-state index is 11.6. The first kappa shape index (κ1) is 14.2. The van der Waals surface area contributed by atoms with Crippen molar-refractivity contribution in [1.29, 1.82) is 0 Å². The van der Waals surface area contributed by atoms with Gasteiger partial charge < -0.3 is 14.7 Å². The van der Waals surface area contributed by atoms with Crippen LogP contribution in [0.2, 0.25) is 0 Å². The van der Waals surface area contributed by atoms with E-state index in [1.54, 1.807) is 4.90 Å². The molecule has 1 amide bonds. The third-order valence-corrected chi connectivity index (χ3v) is 2.12. The molecule has 0 aliphatic rings. The summed E-state index contributed by atoms with van der Waals surface area (Å²) in [6.45, 7) is 9.03. The topological polar surface area (TPSA) is 49.8 Å². The predicted octanol–water partition coefficient (Wildman–Crippen LogP) is 2.02. The second-order valence-electron chi connectivity index (χ2n) is 4.46. The number of hydrogen-bond donors (Lipinski definition) is 1. The Morgan fingerprint density at radius 2 is 1.93 bits per heavy atom. The van der Waals surface area contributed by atoms with Gasteiger partial charge in [0.15, 0.2) is 0 Å². The Bertz CT molecular complexity index is 187. The van der Waals surface area contributed by atoms with Crippen LogP contribution in [-0.4, -0.2) is 41.4 Å². The molecular weight excluding hydrogens is 194 g/mol. The molecular formula is C11H23NO3. The van der Waals surface area contributed by atoms with Crippen LogP contribution in [0.5, 0.6) is 0 Å². The highest BCUT2D eigenvalue weighted by atomic mass is 16.6. The van der Waals surface area contributed by atoms with Crippen molar-refractivity contribution < 1.29 is 14.6 Å². The van der Waals surface area contributed by atoms with Crippen molar-refractivity contribution in [3.63, 3.8) is 0 Å². The monoisotopic (exact) mass is 217 g/mol. The molecule has 0 aliphatic heterocycles. The van der Waals surface area contributed by atoms with E-state index in [4.69, 9.17) is 9.84 Å². The summed E-state index contributed by atoms with van der Waals surface area (Å²) in [5.74, 6) is 0. The Morgan fingerprint density at radius 1 is 1.33 bits per heavy atom. The van der Waals surface area contributed by atoms with Gasteiger partial charge in [0.25, 0.3) is 0 Å². The van der Waals surface area contributed by atoms with Crippen LogP contribution in [0.25, 0.3) is 0 Å². The van der Waals surface area contributed by atoms with Crippen molar-refractivity contribution in [2.75, 3.05) is 19.8 Å². The first-order valence-electron chi connectivity index (χ1n) is 5.48. The molecule has 0 unspecified atom stereocenters. The third-order valence-electron chi connectivity index (χ3n) is 2.12. The van der Waals surface area contributed by atoms with Crippen LogP contribution >= 0.6 is 0 Å². The van der Waals surface area contributed by atoms with Gasteiger partial charge in [-0.15, -0.1) is 0 Å². The molecule has 0 radical (unpaired) electrons. The van der Waals surface area contributed by atoms with Crippen molar-refractivity contribution in [3.8, 4) is 0 Å². The molecule has 0 aliphatic carbocycles. The highest BCUT2D eigenvalue weighted by molar-refractivity contribution is 5.68. The van der Waals surface area contributed by atoms with Gasteiger partial charge in [-0.05, 0) is 40.5 Å². The van der Waals surface area contributed by atoms with E-state index in [1.165, 1.54) is 0 Å². The van der Waals surface area contributed by atoms with Gasteiger partial charge in [0.1, 0.15) is 0 Å². The fourth-order valence-electron chi connectivity index (χ4n) is 1.33. The molecule has 0 spiro atoms. The summed E-state index contributed by atoms with van der Waals surface area (Å²) in [4.78, 5) is 13.3. The van der Waals surface area contributed by atoms with E-state index in [9.17, 15) is 4.79 Å². The van der Waals surface area contributed by atoms with Gasteiger partial charge in [0, 0.05) is 18.7 Å². The van der Waals surface area contributed by atoms with Crippen LogP contribution in [0, 0.1) is 0 Å². The Hall–Kier alpha value is -0.770. The first-order chi connectivity index (χ1) is 6.93. The lowest BCUT2D eigenvalue weighted by Crippen LogP contribution is -2.45. The zero-order chi connectivity index (χ0) is 11.9. The molecule has 4 heteroatoms. The van der Waals surface area contributed by atoms with E-state index in [2.05, 4.69) is 0 Å². The van der Waals surface area contributed by atoms with Crippen LogP contribution < -0.4 is 0 Å². The zero-order valence-electron chi connectivity index (χ0n) is 10.2. The summed E-state index contributed by atoms with van der Waals surface area (Å²) >= 11 is 0. The molecule has 0 heterocycles. The van der Waals surface area contributed by atoms with Gasteiger partial charge in [-0.25, -0.2) is 4.79 Å². The summed E-state index contributed by atoms with van der Waals surface area (Å²) in [6.07, 6.45) is 1.11. The average Bonchev–Trinajstić information content (AvgIpc) is 2.11. The number of rotatable bonds is 5. The minimum Gasteiger partial charge on any atom is -0.449 e. The molecule has 0 bridgehead atoms. The van der Waals surface area contributed by atoms with E-state index in [1.807, 2.05) is 27.7 Å². The van der Waals surface area contributed by atoms with Crippen LogP contribution in [0.4, 0.5) is 4.79 Å². The Balaban J connectivity index is 3.96. The van der Waals surface area contributed by atoms with E-state index < -0.39 is 0 Å². The summed E-state index contributed by atoms with van der Waals surface area (Å²) in [7, 11) is 0. The van der Waals surface area contributed by atoms with Crippen molar-refractivity contribution in [1.82, 2.24) is 4.90 Å². The minimum absolute atomic E-state index is 0.147. The molecule has 15 heavy (non-hydrogen) atoms. The quantitative estimate of drug-likeness (QED) is 0.717. The molecule has 90 valence electrons. The number of hydrogen-bond acceptors (Lipinski definition) is 3. The van der Waals surface area contributed by atoms with Crippen molar-refractivity contribution in [3.05, 3.63) is 0 Å². The maximum absolute atomic E-state index is 11.6. The molecule has 0 aromatic rings. The molecule has 0 rings (SSSR count). The molecule has 0 fully saturated rings. The maximum Gasteiger partial charge on any atom is 0.410 e. The van der Waals surface area contributed by atoms with Crippen LogP contribution in [0.15, 0.2) is 0 Å². The van der Waals surface area contributed by atoms with Gasteiger partial charge in [0.05, 0.1) is 6.61 Å². The standard InChI is InChI=1S/C11H23NO3/c1-5-12(11(2,3)4)10(14)15-9-7-6-8-13/h13H,5-9H2,1-4H3. The lowest BCUT2D eigenvalue weighted by molar-refractivity contribution is 0.0685. The van der Waals surface area contributed by atoms with E-state index in [0.717, 1.165) is 0 Å². The summed E-state index contributed by atoms with van der Waals surface area (Å²) in [6, 6.07) is 0. The Labute approximate surface area is 92.2 Å². The fraction of sp³-hybridized carbons (Fsp3) is 0.909. The summed E-state index contributed by atoms with van der Waals surface area (Å²) < 4.78 is 5.10. The highest BCUT2D eigenvalue weighted by Gasteiger charge is 2.25. The van der Waals surface area contributed by atoms with Crippen LogP contribution in [0.1, 0.15) is 40.5 Å². The number of ether oxygens (including phenoxy) is 1. The van der Waals surface area contributed by atoms with E-state index >= 15 is 0 Å². The second kappa shape index (κ2) is 6.67. The average molecular weight is 217 g/mol. The molecule has 0 aromatic heterocycles. The SMILES string of the molecule is CCN(C(=O)OCCCCO)C(C)(C)C.